The van der Waals surface area contributed by atoms with E-state index >= 15 is 0 Å². The van der Waals surface area contributed by atoms with Gasteiger partial charge in [0.25, 0.3) is 0 Å². The first-order chi connectivity index (χ1) is 5.04. The van der Waals surface area contributed by atoms with E-state index in [1.54, 1.807) is 0 Å². The average molecular weight is 159 g/mol. The minimum atomic E-state index is -0.143. The molecule has 0 aromatic heterocycles. The standard InChI is InChI=1S/C9H21NO/c1-8(2)10(4)7-5-6-9(3)11/h8-9,11H,5-7H2,1-4H3/t9-/m1/s1. The van der Waals surface area contributed by atoms with Gasteiger partial charge in [-0.25, -0.2) is 0 Å². The largest absolute Gasteiger partial charge is 0.393 e. The Balaban J connectivity index is 3.24. The minimum absolute atomic E-state index is 0.143. The Hall–Kier alpha value is -0.0800. The SMILES string of the molecule is CC(C)N(C)CCC[C@@H](C)O. The van der Waals surface area contributed by atoms with E-state index < -0.39 is 0 Å². The zero-order valence-corrected chi connectivity index (χ0v) is 8.17. The van der Waals surface area contributed by atoms with Crippen LogP contribution in [0.1, 0.15) is 33.6 Å². The van der Waals surface area contributed by atoms with Gasteiger partial charge in [0, 0.05) is 6.04 Å². The number of hydrogen-bond acceptors (Lipinski definition) is 2. The first kappa shape index (κ1) is 10.9. The Morgan fingerprint density at radius 3 is 2.18 bits per heavy atom. The topological polar surface area (TPSA) is 23.5 Å². The van der Waals surface area contributed by atoms with Crippen molar-refractivity contribution in [2.45, 2.75) is 45.8 Å². The lowest BCUT2D eigenvalue weighted by molar-refractivity contribution is 0.170. The maximum absolute atomic E-state index is 8.99. The Bertz CT molecular complexity index is 91.6. The molecule has 0 aromatic carbocycles. The smallest absolute Gasteiger partial charge is 0.0512 e. The molecule has 0 amide bonds. The molecule has 0 saturated carbocycles. The van der Waals surface area contributed by atoms with Crippen LogP contribution in [0.2, 0.25) is 0 Å². The molecule has 68 valence electrons. The van der Waals surface area contributed by atoms with Crippen LogP contribution >= 0.6 is 0 Å². The number of nitrogens with zero attached hydrogens (tertiary/aromatic N) is 1. The van der Waals surface area contributed by atoms with Gasteiger partial charge in [0.05, 0.1) is 6.10 Å². The van der Waals surface area contributed by atoms with Crippen molar-refractivity contribution < 1.29 is 5.11 Å². The van der Waals surface area contributed by atoms with Gasteiger partial charge in [-0.15, -0.1) is 0 Å². The molecule has 1 atom stereocenters. The van der Waals surface area contributed by atoms with E-state index in [1.165, 1.54) is 0 Å². The molecule has 0 spiro atoms. The molecule has 0 saturated heterocycles. The highest BCUT2D eigenvalue weighted by molar-refractivity contribution is 4.57. The molecule has 2 heteroatoms. The molecule has 1 N–H and O–H groups in total. The number of aliphatic hydroxyl groups is 1. The van der Waals surface area contributed by atoms with Gasteiger partial charge in [0.15, 0.2) is 0 Å². The summed E-state index contributed by atoms with van der Waals surface area (Å²) in [4.78, 5) is 2.29. The summed E-state index contributed by atoms with van der Waals surface area (Å²) >= 11 is 0. The van der Waals surface area contributed by atoms with E-state index in [-0.39, 0.29) is 6.10 Å². The van der Waals surface area contributed by atoms with Gasteiger partial charge in [0.2, 0.25) is 0 Å². The van der Waals surface area contributed by atoms with Gasteiger partial charge in [-0.05, 0) is 47.2 Å². The van der Waals surface area contributed by atoms with Crippen LogP contribution in [0.5, 0.6) is 0 Å². The van der Waals surface area contributed by atoms with E-state index in [0.29, 0.717) is 6.04 Å². The van der Waals surface area contributed by atoms with Crippen LogP contribution in [0.3, 0.4) is 0 Å². The Morgan fingerprint density at radius 1 is 1.27 bits per heavy atom. The highest BCUT2D eigenvalue weighted by Crippen LogP contribution is 2.00. The van der Waals surface area contributed by atoms with Crippen LogP contribution in [-0.4, -0.2) is 35.7 Å². The lowest BCUT2D eigenvalue weighted by Crippen LogP contribution is -2.27. The van der Waals surface area contributed by atoms with E-state index in [0.717, 1.165) is 19.4 Å². The summed E-state index contributed by atoms with van der Waals surface area (Å²) in [6, 6.07) is 0.615. The Kier molecular flexibility index (Phi) is 5.51. The van der Waals surface area contributed by atoms with Gasteiger partial charge >= 0.3 is 0 Å². The molecule has 0 aliphatic rings. The first-order valence-electron chi connectivity index (χ1n) is 4.42. The van der Waals surface area contributed by atoms with Gasteiger partial charge in [0.1, 0.15) is 0 Å². The second kappa shape index (κ2) is 5.56. The summed E-state index contributed by atoms with van der Waals surface area (Å²) in [7, 11) is 2.12. The van der Waals surface area contributed by atoms with Crippen molar-refractivity contribution in [1.82, 2.24) is 4.90 Å². The minimum Gasteiger partial charge on any atom is -0.393 e. The monoisotopic (exact) mass is 159 g/mol. The van der Waals surface area contributed by atoms with Crippen molar-refractivity contribution in [3.05, 3.63) is 0 Å². The average Bonchev–Trinajstić information content (AvgIpc) is 1.86. The molecule has 0 fully saturated rings. The maximum Gasteiger partial charge on any atom is 0.0512 e. The molecular formula is C9H21NO. The van der Waals surface area contributed by atoms with Gasteiger partial charge in [-0.1, -0.05) is 0 Å². The number of aliphatic hydroxyl groups excluding tert-OH is 1. The summed E-state index contributed by atoms with van der Waals surface area (Å²) in [5, 5.41) is 8.99. The third kappa shape index (κ3) is 6.32. The molecule has 0 rings (SSSR count). The predicted octanol–water partition coefficient (Wildman–Crippen LogP) is 1.49. The van der Waals surface area contributed by atoms with Gasteiger partial charge < -0.3 is 10.0 Å². The van der Waals surface area contributed by atoms with E-state index in [2.05, 4.69) is 25.8 Å². The van der Waals surface area contributed by atoms with Crippen molar-refractivity contribution in [2.24, 2.45) is 0 Å². The van der Waals surface area contributed by atoms with Crippen LogP contribution in [0.25, 0.3) is 0 Å². The van der Waals surface area contributed by atoms with Crippen molar-refractivity contribution in [1.29, 1.82) is 0 Å². The second-order valence-electron chi connectivity index (χ2n) is 3.57. The van der Waals surface area contributed by atoms with E-state index in [1.807, 2.05) is 6.92 Å². The molecule has 0 aliphatic carbocycles. The number of hydrogen-bond donors (Lipinski definition) is 1. The van der Waals surface area contributed by atoms with E-state index in [9.17, 15) is 0 Å². The van der Waals surface area contributed by atoms with Crippen LogP contribution in [0, 0.1) is 0 Å². The molecular weight excluding hydrogens is 138 g/mol. The predicted molar refractivity (Wildman–Crippen MR) is 48.7 cm³/mol. The molecule has 0 radical (unpaired) electrons. The molecule has 0 heterocycles. The van der Waals surface area contributed by atoms with Crippen LogP contribution in [0.15, 0.2) is 0 Å². The molecule has 0 bridgehead atoms. The fourth-order valence-electron chi connectivity index (χ4n) is 0.894. The fraction of sp³-hybridized carbons (Fsp3) is 1.00. The van der Waals surface area contributed by atoms with Crippen molar-refractivity contribution >= 4 is 0 Å². The van der Waals surface area contributed by atoms with Crippen molar-refractivity contribution in [3.8, 4) is 0 Å². The summed E-state index contributed by atoms with van der Waals surface area (Å²) < 4.78 is 0. The molecule has 0 unspecified atom stereocenters. The Labute approximate surface area is 70.2 Å². The molecule has 2 nitrogen and oxygen atoms in total. The third-order valence-electron chi connectivity index (χ3n) is 2.01. The van der Waals surface area contributed by atoms with Crippen LogP contribution < -0.4 is 0 Å². The Morgan fingerprint density at radius 2 is 1.82 bits per heavy atom. The van der Waals surface area contributed by atoms with Crippen LogP contribution in [0.4, 0.5) is 0 Å². The second-order valence-corrected chi connectivity index (χ2v) is 3.57. The van der Waals surface area contributed by atoms with Crippen molar-refractivity contribution in [3.63, 3.8) is 0 Å². The number of rotatable bonds is 5. The summed E-state index contributed by atoms with van der Waals surface area (Å²) in [6.45, 7) is 7.29. The zero-order chi connectivity index (χ0) is 8.85. The van der Waals surface area contributed by atoms with E-state index in [4.69, 9.17) is 5.11 Å². The fourth-order valence-corrected chi connectivity index (χ4v) is 0.894. The molecule has 0 aromatic rings. The third-order valence-corrected chi connectivity index (χ3v) is 2.01. The zero-order valence-electron chi connectivity index (χ0n) is 8.17. The van der Waals surface area contributed by atoms with Gasteiger partial charge in [-0.3, -0.25) is 0 Å². The van der Waals surface area contributed by atoms with Crippen molar-refractivity contribution in [2.75, 3.05) is 13.6 Å². The van der Waals surface area contributed by atoms with Crippen LogP contribution in [-0.2, 0) is 0 Å². The molecule has 11 heavy (non-hydrogen) atoms. The normalized spacial score (nSPS) is 14.5. The first-order valence-corrected chi connectivity index (χ1v) is 4.42. The maximum atomic E-state index is 8.99. The lowest BCUT2D eigenvalue weighted by atomic mass is 10.2. The summed E-state index contributed by atoms with van der Waals surface area (Å²) in [5.74, 6) is 0. The summed E-state index contributed by atoms with van der Waals surface area (Å²) in [6.07, 6.45) is 1.86. The molecule has 0 aliphatic heterocycles. The summed E-state index contributed by atoms with van der Waals surface area (Å²) in [5.41, 5.74) is 0. The quantitative estimate of drug-likeness (QED) is 0.657. The highest BCUT2D eigenvalue weighted by Gasteiger charge is 2.02. The van der Waals surface area contributed by atoms with Gasteiger partial charge in [-0.2, -0.15) is 0 Å². The lowest BCUT2D eigenvalue weighted by Gasteiger charge is -2.20. The highest BCUT2D eigenvalue weighted by atomic mass is 16.3.